The van der Waals surface area contributed by atoms with Crippen molar-refractivity contribution >= 4 is 33.1 Å². The summed E-state index contributed by atoms with van der Waals surface area (Å²) in [6, 6.07) is 13.8. The smallest absolute Gasteiger partial charge is 0.263 e. The van der Waals surface area contributed by atoms with Crippen molar-refractivity contribution in [2.45, 2.75) is 32.7 Å². The Morgan fingerprint density at radius 2 is 2.00 bits per heavy atom. The lowest BCUT2D eigenvalue weighted by Crippen LogP contribution is -2.22. The Hall–Kier alpha value is -2.40. The van der Waals surface area contributed by atoms with Gasteiger partial charge in [-0.25, -0.2) is 4.98 Å². The summed E-state index contributed by atoms with van der Waals surface area (Å²) in [5, 5.41) is 3.80. The number of fused-ring (bicyclic) bond motifs is 1. The van der Waals surface area contributed by atoms with Crippen LogP contribution in [-0.4, -0.2) is 10.9 Å². The van der Waals surface area contributed by atoms with Crippen LogP contribution in [-0.2, 0) is 13.0 Å². The highest BCUT2D eigenvalue weighted by molar-refractivity contribution is 7.21. The number of rotatable bonds is 6. The van der Waals surface area contributed by atoms with Crippen molar-refractivity contribution in [1.29, 1.82) is 0 Å². The number of benzene rings is 1. The second kappa shape index (κ2) is 7.45. The molecule has 0 aliphatic heterocycles. The molecule has 0 aliphatic carbocycles. The van der Waals surface area contributed by atoms with Crippen LogP contribution in [0.4, 0.5) is 5.69 Å². The van der Waals surface area contributed by atoms with E-state index < -0.39 is 0 Å². The van der Waals surface area contributed by atoms with Gasteiger partial charge >= 0.3 is 0 Å². The lowest BCUT2D eigenvalue weighted by Gasteiger charge is -2.04. The fraction of sp³-hybridized carbons (Fsp3) is 0.263. The number of anilines is 1. The number of hydrogen-bond donors (Lipinski definition) is 2. The largest absolute Gasteiger partial charge is 0.397 e. The van der Waals surface area contributed by atoms with E-state index in [-0.39, 0.29) is 5.91 Å². The van der Waals surface area contributed by atoms with Gasteiger partial charge in [0.1, 0.15) is 9.71 Å². The topological polar surface area (TPSA) is 68.0 Å². The number of nitrogens with zero attached hydrogens (tertiary/aromatic N) is 1. The normalized spacial score (nSPS) is 10.9. The first kappa shape index (κ1) is 16.5. The molecule has 0 atom stereocenters. The van der Waals surface area contributed by atoms with E-state index in [1.807, 2.05) is 42.5 Å². The zero-order valence-electron chi connectivity index (χ0n) is 13.7. The molecule has 0 radical (unpaired) electrons. The molecule has 0 unspecified atom stereocenters. The van der Waals surface area contributed by atoms with Gasteiger partial charge in [0.25, 0.3) is 5.91 Å². The summed E-state index contributed by atoms with van der Waals surface area (Å²) in [6.45, 7) is 2.65. The van der Waals surface area contributed by atoms with E-state index in [0.29, 0.717) is 17.1 Å². The molecule has 0 saturated carbocycles. The Morgan fingerprint density at radius 3 is 2.75 bits per heavy atom. The Bertz CT molecular complexity index is 842. The van der Waals surface area contributed by atoms with Gasteiger partial charge < -0.3 is 11.1 Å². The minimum absolute atomic E-state index is 0.144. The number of hydrogen-bond acceptors (Lipinski definition) is 4. The average Bonchev–Trinajstić information content (AvgIpc) is 2.95. The van der Waals surface area contributed by atoms with Crippen LogP contribution in [0.1, 0.15) is 40.7 Å². The number of nitrogen functional groups attached to an aromatic ring is 1. The second-order valence-corrected chi connectivity index (χ2v) is 6.77. The molecular weight excluding hydrogens is 318 g/mol. The van der Waals surface area contributed by atoms with Gasteiger partial charge in [0.05, 0.1) is 5.69 Å². The first-order chi connectivity index (χ1) is 11.7. The van der Waals surface area contributed by atoms with E-state index in [0.717, 1.165) is 40.7 Å². The van der Waals surface area contributed by atoms with Gasteiger partial charge in [-0.15, -0.1) is 11.3 Å². The summed E-state index contributed by atoms with van der Waals surface area (Å²) in [7, 11) is 0. The van der Waals surface area contributed by atoms with Gasteiger partial charge in [-0.05, 0) is 30.5 Å². The zero-order chi connectivity index (χ0) is 16.9. The van der Waals surface area contributed by atoms with E-state index in [4.69, 9.17) is 5.73 Å². The van der Waals surface area contributed by atoms with Gasteiger partial charge in [0, 0.05) is 17.6 Å². The molecule has 2 heterocycles. The van der Waals surface area contributed by atoms with Crippen molar-refractivity contribution in [2.24, 2.45) is 0 Å². The third-order valence-electron chi connectivity index (χ3n) is 3.94. The van der Waals surface area contributed by atoms with Crippen LogP contribution in [0.3, 0.4) is 0 Å². The number of thiophene rings is 1. The highest BCUT2D eigenvalue weighted by atomic mass is 32.1. The fourth-order valence-corrected chi connectivity index (χ4v) is 3.59. The molecule has 1 aromatic carbocycles. The Kier molecular flexibility index (Phi) is 5.11. The second-order valence-electron chi connectivity index (χ2n) is 5.77. The number of amides is 1. The van der Waals surface area contributed by atoms with Gasteiger partial charge in [0.2, 0.25) is 0 Å². The molecule has 0 spiro atoms. The summed E-state index contributed by atoms with van der Waals surface area (Å²) >= 11 is 1.37. The fourth-order valence-electron chi connectivity index (χ4n) is 2.56. The predicted molar refractivity (Wildman–Crippen MR) is 100 cm³/mol. The third-order valence-corrected chi connectivity index (χ3v) is 5.05. The number of carbonyl (C=O) groups excluding carboxylic acids is 1. The number of carbonyl (C=O) groups is 1. The Morgan fingerprint density at radius 1 is 1.21 bits per heavy atom. The minimum atomic E-state index is -0.144. The van der Waals surface area contributed by atoms with Crippen molar-refractivity contribution in [1.82, 2.24) is 10.3 Å². The maximum absolute atomic E-state index is 12.5. The molecule has 5 heteroatoms. The molecule has 1 amide bonds. The van der Waals surface area contributed by atoms with Crippen LogP contribution in [0.5, 0.6) is 0 Å². The summed E-state index contributed by atoms with van der Waals surface area (Å²) < 4.78 is 0. The van der Waals surface area contributed by atoms with Gasteiger partial charge in [-0.3, -0.25) is 4.79 Å². The van der Waals surface area contributed by atoms with Crippen molar-refractivity contribution in [2.75, 3.05) is 5.73 Å². The summed E-state index contributed by atoms with van der Waals surface area (Å²) in [5.41, 5.74) is 8.81. The van der Waals surface area contributed by atoms with Crippen LogP contribution in [0.15, 0.2) is 42.5 Å². The highest BCUT2D eigenvalue weighted by Crippen LogP contribution is 2.32. The molecule has 3 rings (SSSR count). The lowest BCUT2D eigenvalue weighted by atomic mass is 10.1. The van der Waals surface area contributed by atoms with Gasteiger partial charge in [-0.2, -0.15) is 0 Å². The molecule has 0 fully saturated rings. The minimum Gasteiger partial charge on any atom is -0.397 e. The van der Waals surface area contributed by atoms with E-state index in [1.54, 1.807) is 0 Å². The summed E-state index contributed by atoms with van der Waals surface area (Å²) in [4.78, 5) is 18.5. The molecular formula is C19H21N3OS. The van der Waals surface area contributed by atoms with E-state index >= 15 is 0 Å². The maximum Gasteiger partial charge on any atom is 0.263 e. The third kappa shape index (κ3) is 3.57. The monoisotopic (exact) mass is 339 g/mol. The molecule has 24 heavy (non-hydrogen) atoms. The SMILES string of the molecule is CCCCc1ccc2c(N)c(C(=O)NCc3ccccc3)sc2n1. The standard InChI is InChI=1S/C19H21N3OS/c1-2-3-9-14-10-11-15-16(20)17(24-19(15)22-14)18(23)21-12-13-7-5-4-6-8-13/h4-8,10-11H,2-3,9,12,20H2,1H3,(H,21,23). The van der Waals surface area contributed by atoms with Gasteiger partial charge in [-0.1, -0.05) is 43.7 Å². The Balaban J connectivity index is 1.78. The number of pyridine rings is 1. The quantitative estimate of drug-likeness (QED) is 0.709. The van der Waals surface area contributed by atoms with Crippen LogP contribution in [0.2, 0.25) is 0 Å². The Labute approximate surface area is 145 Å². The number of aromatic nitrogens is 1. The molecule has 0 bridgehead atoms. The molecule has 3 aromatic rings. The lowest BCUT2D eigenvalue weighted by molar-refractivity contribution is 0.0956. The van der Waals surface area contributed by atoms with Crippen molar-refractivity contribution in [3.63, 3.8) is 0 Å². The van der Waals surface area contributed by atoms with Crippen molar-refractivity contribution in [3.05, 3.63) is 58.6 Å². The first-order valence-electron chi connectivity index (χ1n) is 8.19. The predicted octanol–water partition coefficient (Wildman–Crippen LogP) is 4.15. The summed E-state index contributed by atoms with van der Waals surface area (Å²) in [5.74, 6) is -0.144. The van der Waals surface area contributed by atoms with Crippen molar-refractivity contribution in [3.8, 4) is 0 Å². The van der Waals surface area contributed by atoms with Crippen LogP contribution in [0.25, 0.3) is 10.2 Å². The zero-order valence-corrected chi connectivity index (χ0v) is 14.5. The maximum atomic E-state index is 12.5. The van der Waals surface area contributed by atoms with E-state index in [9.17, 15) is 4.79 Å². The molecule has 124 valence electrons. The van der Waals surface area contributed by atoms with E-state index in [1.165, 1.54) is 11.3 Å². The molecule has 3 N–H and O–H groups in total. The molecule has 0 saturated heterocycles. The van der Waals surface area contributed by atoms with Crippen LogP contribution in [0, 0.1) is 0 Å². The average molecular weight is 339 g/mol. The molecule has 4 nitrogen and oxygen atoms in total. The van der Waals surface area contributed by atoms with Crippen LogP contribution < -0.4 is 11.1 Å². The van der Waals surface area contributed by atoms with E-state index in [2.05, 4.69) is 17.2 Å². The van der Waals surface area contributed by atoms with Gasteiger partial charge in [0.15, 0.2) is 0 Å². The number of nitrogens with one attached hydrogen (secondary N) is 1. The number of nitrogens with two attached hydrogens (primary N) is 1. The van der Waals surface area contributed by atoms with Crippen molar-refractivity contribution < 1.29 is 4.79 Å². The molecule has 0 aliphatic rings. The highest BCUT2D eigenvalue weighted by Gasteiger charge is 2.17. The number of unbranched alkanes of at least 4 members (excludes halogenated alkanes) is 1. The summed E-state index contributed by atoms with van der Waals surface area (Å²) in [6.07, 6.45) is 3.21. The first-order valence-corrected chi connectivity index (χ1v) is 9.00. The van der Waals surface area contributed by atoms with Crippen LogP contribution >= 0.6 is 11.3 Å². The number of aryl methyl sites for hydroxylation is 1. The molecule has 2 aromatic heterocycles.